The predicted molar refractivity (Wildman–Crippen MR) is 73.4 cm³/mol. The molecule has 102 valence electrons. The second kappa shape index (κ2) is 6.36. The molecule has 1 saturated heterocycles. The monoisotopic (exact) mass is 251 g/mol. The highest BCUT2D eigenvalue weighted by Crippen LogP contribution is 2.21. The maximum atomic E-state index is 5.91. The molecule has 1 aliphatic rings. The molecule has 4 heteroatoms. The first-order valence-electron chi connectivity index (χ1n) is 6.89. The summed E-state index contributed by atoms with van der Waals surface area (Å²) in [5.74, 6) is 0.746. The molecule has 0 aliphatic carbocycles. The molecule has 1 unspecified atom stereocenters. The highest BCUT2D eigenvalue weighted by atomic mass is 16.3. The molecule has 1 fully saturated rings. The van der Waals surface area contributed by atoms with Gasteiger partial charge in [-0.2, -0.15) is 0 Å². The van der Waals surface area contributed by atoms with Crippen molar-refractivity contribution in [2.75, 3.05) is 39.3 Å². The first-order chi connectivity index (χ1) is 8.70. The fourth-order valence-electron chi connectivity index (χ4n) is 2.73. The van der Waals surface area contributed by atoms with E-state index < -0.39 is 0 Å². The molecule has 2 heterocycles. The smallest absolute Gasteiger partial charge is 0.0950 e. The fourth-order valence-corrected chi connectivity index (χ4v) is 2.73. The minimum absolute atomic E-state index is 0.310. The van der Waals surface area contributed by atoms with E-state index in [0.717, 1.165) is 32.1 Å². The SMILES string of the molecule is CC(C)CN1CCN(C(CN)c2ccoc2)CC1. The van der Waals surface area contributed by atoms with Crippen LogP contribution in [-0.2, 0) is 0 Å². The predicted octanol–water partition coefficient (Wildman–Crippen LogP) is 1.55. The standard InChI is InChI=1S/C14H25N3O/c1-12(2)10-16-4-6-17(7-5-16)14(9-15)13-3-8-18-11-13/h3,8,11-12,14H,4-7,9-10,15H2,1-2H3. The second-order valence-corrected chi connectivity index (χ2v) is 5.54. The van der Waals surface area contributed by atoms with Gasteiger partial charge in [-0.3, -0.25) is 4.90 Å². The van der Waals surface area contributed by atoms with Crippen molar-refractivity contribution in [3.8, 4) is 0 Å². The molecule has 1 aromatic rings. The van der Waals surface area contributed by atoms with Gasteiger partial charge < -0.3 is 15.1 Å². The van der Waals surface area contributed by atoms with Gasteiger partial charge in [0, 0.05) is 44.8 Å². The average Bonchev–Trinajstić information content (AvgIpc) is 2.85. The molecule has 1 aromatic heterocycles. The van der Waals surface area contributed by atoms with E-state index in [2.05, 4.69) is 23.6 Å². The van der Waals surface area contributed by atoms with E-state index in [4.69, 9.17) is 10.2 Å². The van der Waals surface area contributed by atoms with Gasteiger partial charge in [-0.05, 0) is 12.0 Å². The Morgan fingerprint density at radius 1 is 1.28 bits per heavy atom. The maximum absolute atomic E-state index is 5.91. The summed E-state index contributed by atoms with van der Waals surface area (Å²) in [6.45, 7) is 10.9. The number of piperazine rings is 1. The van der Waals surface area contributed by atoms with E-state index >= 15 is 0 Å². The van der Waals surface area contributed by atoms with Crippen molar-refractivity contribution in [2.45, 2.75) is 19.9 Å². The zero-order valence-corrected chi connectivity index (χ0v) is 11.5. The van der Waals surface area contributed by atoms with E-state index in [1.807, 2.05) is 12.3 Å². The molecule has 18 heavy (non-hydrogen) atoms. The first kappa shape index (κ1) is 13.6. The summed E-state index contributed by atoms with van der Waals surface area (Å²) in [4.78, 5) is 5.02. The Morgan fingerprint density at radius 2 is 2.00 bits per heavy atom. The van der Waals surface area contributed by atoms with Gasteiger partial charge in [0.1, 0.15) is 0 Å². The van der Waals surface area contributed by atoms with E-state index in [1.54, 1.807) is 6.26 Å². The highest BCUT2D eigenvalue weighted by molar-refractivity contribution is 5.12. The first-order valence-corrected chi connectivity index (χ1v) is 6.89. The van der Waals surface area contributed by atoms with Crippen LogP contribution in [-0.4, -0.2) is 49.1 Å². The summed E-state index contributed by atoms with van der Waals surface area (Å²) < 4.78 is 5.17. The van der Waals surface area contributed by atoms with Crippen LogP contribution in [0.1, 0.15) is 25.5 Å². The summed E-state index contributed by atoms with van der Waals surface area (Å²) in [5, 5.41) is 0. The van der Waals surface area contributed by atoms with Gasteiger partial charge in [-0.1, -0.05) is 13.8 Å². The normalized spacial score (nSPS) is 20.4. The van der Waals surface area contributed by atoms with Gasteiger partial charge >= 0.3 is 0 Å². The highest BCUT2D eigenvalue weighted by Gasteiger charge is 2.24. The molecule has 2 rings (SSSR count). The maximum Gasteiger partial charge on any atom is 0.0950 e. The van der Waals surface area contributed by atoms with Gasteiger partial charge in [-0.15, -0.1) is 0 Å². The van der Waals surface area contributed by atoms with Crippen molar-refractivity contribution in [3.05, 3.63) is 24.2 Å². The van der Waals surface area contributed by atoms with Crippen molar-refractivity contribution in [3.63, 3.8) is 0 Å². The largest absolute Gasteiger partial charge is 0.472 e. The van der Waals surface area contributed by atoms with Crippen LogP contribution in [0.4, 0.5) is 0 Å². The van der Waals surface area contributed by atoms with E-state index in [-0.39, 0.29) is 0 Å². The number of nitrogens with zero attached hydrogens (tertiary/aromatic N) is 2. The molecular formula is C14H25N3O. The lowest BCUT2D eigenvalue weighted by Gasteiger charge is -2.39. The van der Waals surface area contributed by atoms with Crippen molar-refractivity contribution in [1.29, 1.82) is 0 Å². The number of furan rings is 1. The van der Waals surface area contributed by atoms with Gasteiger partial charge in [0.15, 0.2) is 0 Å². The molecule has 0 aromatic carbocycles. The summed E-state index contributed by atoms with van der Waals surface area (Å²) >= 11 is 0. The zero-order chi connectivity index (χ0) is 13.0. The molecular weight excluding hydrogens is 226 g/mol. The quantitative estimate of drug-likeness (QED) is 0.862. The lowest BCUT2D eigenvalue weighted by Crippen LogP contribution is -2.49. The lowest BCUT2D eigenvalue weighted by molar-refractivity contribution is 0.0910. The third-order valence-corrected chi connectivity index (χ3v) is 3.62. The van der Waals surface area contributed by atoms with Crippen LogP contribution in [0.25, 0.3) is 0 Å². The number of nitrogens with two attached hydrogens (primary N) is 1. The number of rotatable bonds is 5. The average molecular weight is 251 g/mol. The van der Waals surface area contributed by atoms with Crippen molar-refractivity contribution >= 4 is 0 Å². The van der Waals surface area contributed by atoms with Gasteiger partial charge in [-0.25, -0.2) is 0 Å². The Hall–Kier alpha value is -0.840. The van der Waals surface area contributed by atoms with Crippen molar-refractivity contribution in [1.82, 2.24) is 9.80 Å². The van der Waals surface area contributed by atoms with Crippen LogP contribution in [0.2, 0.25) is 0 Å². The minimum atomic E-state index is 0.310. The summed E-state index contributed by atoms with van der Waals surface area (Å²) in [5.41, 5.74) is 7.12. The van der Waals surface area contributed by atoms with Gasteiger partial charge in [0.2, 0.25) is 0 Å². The summed E-state index contributed by atoms with van der Waals surface area (Å²) in [6.07, 6.45) is 3.55. The van der Waals surface area contributed by atoms with Gasteiger partial charge in [0.05, 0.1) is 18.6 Å². The molecule has 0 saturated carbocycles. The van der Waals surface area contributed by atoms with Crippen LogP contribution in [0.5, 0.6) is 0 Å². The lowest BCUT2D eigenvalue weighted by atomic mass is 10.1. The number of hydrogen-bond donors (Lipinski definition) is 1. The number of hydrogen-bond acceptors (Lipinski definition) is 4. The third kappa shape index (κ3) is 3.34. The Morgan fingerprint density at radius 3 is 2.50 bits per heavy atom. The molecule has 0 spiro atoms. The Kier molecular flexibility index (Phi) is 4.80. The third-order valence-electron chi connectivity index (χ3n) is 3.62. The van der Waals surface area contributed by atoms with Crippen LogP contribution < -0.4 is 5.73 Å². The van der Waals surface area contributed by atoms with Crippen LogP contribution in [0.3, 0.4) is 0 Å². The van der Waals surface area contributed by atoms with Gasteiger partial charge in [0.25, 0.3) is 0 Å². The molecule has 0 radical (unpaired) electrons. The second-order valence-electron chi connectivity index (χ2n) is 5.54. The molecule has 1 atom stereocenters. The topological polar surface area (TPSA) is 45.6 Å². The van der Waals surface area contributed by atoms with Crippen molar-refractivity contribution < 1.29 is 4.42 Å². The Balaban J connectivity index is 1.88. The minimum Gasteiger partial charge on any atom is -0.472 e. The van der Waals surface area contributed by atoms with Crippen LogP contribution >= 0.6 is 0 Å². The Bertz CT molecular complexity index is 329. The van der Waals surface area contributed by atoms with E-state index in [9.17, 15) is 0 Å². The Labute approximate surface area is 110 Å². The molecule has 4 nitrogen and oxygen atoms in total. The van der Waals surface area contributed by atoms with Crippen LogP contribution in [0.15, 0.2) is 23.0 Å². The molecule has 0 amide bonds. The zero-order valence-electron chi connectivity index (χ0n) is 11.5. The molecule has 2 N–H and O–H groups in total. The molecule has 1 aliphatic heterocycles. The summed E-state index contributed by atoms with van der Waals surface area (Å²) in [6, 6.07) is 2.34. The van der Waals surface area contributed by atoms with E-state index in [0.29, 0.717) is 12.6 Å². The van der Waals surface area contributed by atoms with Crippen molar-refractivity contribution in [2.24, 2.45) is 11.7 Å². The fraction of sp³-hybridized carbons (Fsp3) is 0.714. The molecule has 0 bridgehead atoms. The van der Waals surface area contributed by atoms with Crippen LogP contribution in [0, 0.1) is 5.92 Å². The van der Waals surface area contributed by atoms with E-state index in [1.165, 1.54) is 12.1 Å². The summed E-state index contributed by atoms with van der Waals surface area (Å²) in [7, 11) is 0.